The van der Waals surface area contributed by atoms with E-state index in [-0.39, 0.29) is 28.0 Å². The van der Waals surface area contributed by atoms with Gasteiger partial charge in [-0.1, -0.05) is 31.0 Å². The van der Waals surface area contributed by atoms with Crippen LogP contribution in [0.3, 0.4) is 0 Å². The number of anilines is 3. The number of carbonyl (C=O) groups is 1. The number of amides is 1. The number of hydrogen-bond donors (Lipinski definition) is 2. The molecule has 1 aliphatic heterocycles. The van der Waals surface area contributed by atoms with E-state index in [1.165, 1.54) is 22.9 Å². The zero-order valence-electron chi connectivity index (χ0n) is 23.6. The summed E-state index contributed by atoms with van der Waals surface area (Å²) in [5.41, 5.74) is 2.78. The van der Waals surface area contributed by atoms with Crippen molar-refractivity contribution < 1.29 is 13.6 Å². The first-order valence-electron chi connectivity index (χ1n) is 14.1. The Labute approximate surface area is 256 Å². The molecule has 1 amide bonds. The first-order valence-corrected chi connectivity index (χ1v) is 14.5. The summed E-state index contributed by atoms with van der Waals surface area (Å²) in [5, 5.41) is 6.00. The summed E-state index contributed by atoms with van der Waals surface area (Å²) in [4.78, 5) is 39.8. The fourth-order valence-corrected chi connectivity index (χ4v) is 5.55. The van der Waals surface area contributed by atoms with Crippen LogP contribution in [-0.4, -0.2) is 25.4 Å². The van der Waals surface area contributed by atoms with Gasteiger partial charge < -0.3 is 15.2 Å². The first-order chi connectivity index (χ1) is 21.3. The number of pyridine rings is 2. The second kappa shape index (κ2) is 12.3. The number of nitrogens with zero attached hydrogens (tertiary/aromatic N) is 4. The van der Waals surface area contributed by atoms with Crippen LogP contribution in [0, 0.1) is 17.6 Å². The fourth-order valence-electron chi connectivity index (χ4n) is 5.40. The Hall–Kier alpha value is -4.96. The summed E-state index contributed by atoms with van der Waals surface area (Å²) >= 11 is 5.89. The molecule has 3 aromatic heterocycles. The predicted molar refractivity (Wildman–Crippen MR) is 166 cm³/mol. The summed E-state index contributed by atoms with van der Waals surface area (Å²) in [7, 11) is 0. The van der Waals surface area contributed by atoms with Crippen LogP contribution in [0.25, 0.3) is 22.3 Å². The minimum absolute atomic E-state index is 0.0863. The highest BCUT2D eigenvalue weighted by molar-refractivity contribution is 6.31. The Morgan fingerprint density at radius 3 is 2.55 bits per heavy atom. The van der Waals surface area contributed by atoms with Crippen molar-refractivity contribution in [2.45, 2.75) is 32.2 Å². The molecule has 11 heteroatoms. The largest absolute Gasteiger partial charge is 0.325 e. The molecule has 44 heavy (non-hydrogen) atoms. The van der Waals surface area contributed by atoms with E-state index >= 15 is 0 Å². The number of hydrogen-bond acceptors (Lipinski definition) is 6. The van der Waals surface area contributed by atoms with Crippen LogP contribution in [0.5, 0.6) is 0 Å². The van der Waals surface area contributed by atoms with Gasteiger partial charge in [0.25, 0.3) is 5.56 Å². The summed E-state index contributed by atoms with van der Waals surface area (Å²) in [6.07, 6.45) is 8.16. The van der Waals surface area contributed by atoms with E-state index in [0.717, 1.165) is 23.3 Å². The van der Waals surface area contributed by atoms with Gasteiger partial charge in [-0.25, -0.2) is 18.7 Å². The van der Waals surface area contributed by atoms with E-state index in [2.05, 4.69) is 25.6 Å². The van der Waals surface area contributed by atoms with Crippen LogP contribution >= 0.6 is 11.6 Å². The van der Waals surface area contributed by atoms with Crippen LogP contribution in [0.15, 0.2) is 90.2 Å². The molecule has 4 heterocycles. The molecule has 2 atom stereocenters. The van der Waals surface area contributed by atoms with E-state index in [0.29, 0.717) is 42.3 Å². The average Bonchev–Trinajstić information content (AvgIpc) is 3.02. The van der Waals surface area contributed by atoms with Crippen LogP contribution in [-0.2, 0) is 4.79 Å². The molecule has 0 aliphatic carbocycles. The Morgan fingerprint density at radius 2 is 1.75 bits per heavy atom. The van der Waals surface area contributed by atoms with Gasteiger partial charge in [-0.2, -0.15) is 0 Å². The molecule has 2 bridgehead atoms. The molecule has 6 rings (SSSR count). The highest BCUT2D eigenvalue weighted by Crippen LogP contribution is 2.35. The highest BCUT2D eigenvalue weighted by Gasteiger charge is 2.23. The van der Waals surface area contributed by atoms with Crippen molar-refractivity contribution in [1.82, 2.24) is 19.5 Å². The molecule has 1 aliphatic rings. The van der Waals surface area contributed by atoms with Crippen LogP contribution in [0.4, 0.5) is 26.1 Å². The van der Waals surface area contributed by atoms with Crippen molar-refractivity contribution in [3.05, 3.63) is 118 Å². The smallest absolute Gasteiger partial charge is 0.251 e. The van der Waals surface area contributed by atoms with Gasteiger partial charge in [0.1, 0.15) is 5.82 Å². The summed E-state index contributed by atoms with van der Waals surface area (Å²) in [6, 6.07) is 15.5. The fraction of sp³-hybridized carbons (Fsp3) is 0.182. The van der Waals surface area contributed by atoms with Crippen molar-refractivity contribution >= 4 is 34.8 Å². The zero-order chi connectivity index (χ0) is 30.8. The molecular formula is C33H27ClF2N6O2. The number of carbonyl (C=O) groups excluding carboxylic acids is 1. The van der Waals surface area contributed by atoms with E-state index in [1.807, 2.05) is 37.3 Å². The monoisotopic (exact) mass is 612 g/mol. The molecule has 0 radical (unpaired) electrons. The number of aromatic nitrogens is 4. The lowest BCUT2D eigenvalue weighted by molar-refractivity contribution is -0.119. The third kappa shape index (κ3) is 5.93. The van der Waals surface area contributed by atoms with Gasteiger partial charge in [-0.15, -0.1) is 0 Å². The molecule has 5 aromatic rings. The summed E-state index contributed by atoms with van der Waals surface area (Å²) in [6.45, 7) is 1.86. The van der Waals surface area contributed by atoms with Gasteiger partial charge in [0.05, 0.1) is 28.0 Å². The Kier molecular flexibility index (Phi) is 8.17. The second-order valence-electron chi connectivity index (χ2n) is 10.6. The third-order valence-electron chi connectivity index (χ3n) is 7.71. The normalized spacial score (nSPS) is 16.7. The summed E-state index contributed by atoms with van der Waals surface area (Å²) in [5.74, 6) is -1.75. The maximum absolute atomic E-state index is 14.7. The number of benzene rings is 2. The molecule has 0 spiro atoms. The maximum Gasteiger partial charge on any atom is 0.251 e. The van der Waals surface area contributed by atoms with Gasteiger partial charge in [0, 0.05) is 48.0 Å². The Balaban J connectivity index is 1.41. The maximum atomic E-state index is 14.7. The molecule has 0 fully saturated rings. The zero-order valence-corrected chi connectivity index (χ0v) is 24.4. The van der Waals surface area contributed by atoms with Crippen molar-refractivity contribution in [2.75, 3.05) is 10.6 Å². The van der Waals surface area contributed by atoms with Gasteiger partial charge in [-0.05, 0) is 72.5 Å². The van der Waals surface area contributed by atoms with E-state index in [9.17, 15) is 18.4 Å². The van der Waals surface area contributed by atoms with Crippen LogP contribution in [0.2, 0.25) is 5.02 Å². The van der Waals surface area contributed by atoms with Gasteiger partial charge in [0.15, 0.2) is 5.82 Å². The SMILES string of the molecule is C[C@@H]1CCCC(n2ccc(-c3c(F)ccc(Cl)c3F)cc2=O)c2cc(ccn2)-c2ccc(Nc3ncccn3)cc2NC1=O. The molecule has 0 saturated carbocycles. The lowest BCUT2D eigenvalue weighted by Gasteiger charge is -2.23. The first kappa shape index (κ1) is 29.1. The predicted octanol–water partition coefficient (Wildman–Crippen LogP) is 7.39. The van der Waals surface area contributed by atoms with Crippen molar-refractivity contribution in [3.63, 3.8) is 0 Å². The highest BCUT2D eigenvalue weighted by atomic mass is 35.5. The third-order valence-corrected chi connectivity index (χ3v) is 8.00. The van der Waals surface area contributed by atoms with Crippen LogP contribution < -0.4 is 16.2 Å². The standard InChI is InChI=1S/C33H27ClF2N6O2/c1-19-4-2-5-28(42-15-11-21(17-29(42)43)30-25(35)9-8-24(34)31(30)36)27-16-20(10-14-37-27)23-7-6-22(18-26(23)41-32(19)44)40-33-38-12-3-13-39-33/h3,6-19,28H,2,4-5H2,1H3,(H,41,44)(H,38,39,40)/t19-,28?/m1/s1. The Morgan fingerprint density at radius 1 is 0.932 bits per heavy atom. The number of nitrogens with one attached hydrogen (secondary N) is 2. The average molecular weight is 613 g/mol. The van der Waals surface area contributed by atoms with Crippen molar-refractivity contribution in [3.8, 4) is 22.3 Å². The van der Waals surface area contributed by atoms with Crippen LogP contribution in [0.1, 0.15) is 37.9 Å². The number of rotatable bonds is 4. The topological polar surface area (TPSA) is 102 Å². The van der Waals surface area contributed by atoms with E-state index < -0.39 is 23.2 Å². The lowest BCUT2D eigenvalue weighted by Crippen LogP contribution is -2.26. The molecule has 222 valence electrons. The quantitative estimate of drug-likeness (QED) is 0.205. The van der Waals surface area contributed by atoms with E-state index in [1.54, 1.807) is 24.7 Å². The molecule has 1 unspecified atom stereocenters. The van der Waals surface area contributed by atoms with E-state index in [4.69, 9.17) is 11.6 Å². The Bertz CT molecular complexity index is 1920. The molecule has 0 saturated heterocycles. The van der Waals surface area contributed by atoms with Gasteiger partial charge in [-0.3, -0.25) is 14.6 Å². The second-order valence-corrected chi connectivity index (χ2v) is 11.1. The van der Waals surface area contributed by atoms with Crippen molar-refractivity contribution in [2.24, 2.45) is 5.92 Å². The minimum atomic E-state index is -0.926. The van der Waals surface area contributed by atoms with Gasteiger partial charge in [0.2, 0.25) is 11.9 Å². The minimum Gasteiger partial charge on any atom is -0.325 e. The molecule has 2 N–H and O–H groups in total. The van der Waals surface area contributed by atoms with Gasteiger partial charge >= 0.3 is 0 Å². The molecule has 8 nitrogen and oxygen atoms in total. The molecular weight excluding hydrogens is 586 g/mol. The number of halogens is 3. The lowest BCUT2D eigenvalue weighted by atomic mass is 9.95. The van der Waals surface area contributed by atoms with Crippen molar-refractivity contribution in [1.29, 1.82) is 0 Å². The number of fused-ring (bicyclic) bond motifs is 4. The molecule has 2 aromatic carbocycles. The summed E-state index contributed by atoms with van der Waals surface area (Å²) < 4.78 is 30.8.